The molecular formula is C20H15N5O2. The van der Waals surface area contributed by atoms with Gasteiger partial charge < -0.3 is 9.88 Å². The lowest BCUT2D eigenvalue weighted by molar-refractivity contribution is 0.101. The lowest BCUT2D eigenvalue weighted by atomic mass is 10.1. The smallest absolute Gasteiger partial charge is 0.275 e. The first-order valence-electron chi connectivity index (χ1n) is 8.27. The first-order valence-corrected chi connectivity index (χ1v) is 8.27. The quantitative estimate of drug-likeness (QED) is 0.567. The summed E-state index contributed by atoms with van der Waals surface area (Å²) in [6.45, 7) is 0. The molecule has 0 unspecified atom stereocenters. The van der Waals surface area contributed by atoms with E-state index in [0.717, 1.165) is 5.52 Å². The van der Waals surface area contributed by atoms with Crippen LogP contribution in [0.4, 0.5) is 5.69 Å². The van der Waals surface area contributed by atoms with Crippen molar-refractivity contribution in [2.75, 3.05) is 5.32 Å². The van der Waals surface area contributed by atoms with Crippen molar-refractivity contribution in [1.29, 1.82) is 0 Å². The molecule has 1 N–H and O–H groups in total. The number of nitrogens with one attached hydrogen (secondary N) is 1. The molecule has 0 saturated heterocycles. The molecule has 0 aliphatic carbocycles. The monoisotopic (exact) mass is 357 g/mol. The predicted octanol–water partition coefficient (Wildman–Crippen LogP) is 2.85. The Bertz CT molecular complexity index is 1150. The number of imidazole rings is 1. The van der Waals surface area contributed by atoms with Gasteiger partial charge in [0.15, 0.2) is 5.82 Å². The molecule has 7 heteroatoms. The molecule has 132 valence electrons. The molecule has 2 aromatic heterocycles. The molecule has 0 spiro atoms. The minimum atomic E-state index is -0.364. The summed E-state index contributed by atoms with van der Waals surface area (Å²) < 4.78 is 1.66. The highest BCUT2D eigenvalue weighted by molar-refractivity contribution is 6.07. The Morgan fingerprint density at radius 1 is 0.963 bits per heavy atom. The highest BCUT2D eigenvalue weighted by Gasteiger charge is 2.14. The van der Waals surface area contributed by atoms with Gasteiger partial charge in [-0.15, -0.1) is 0 Å². The zero-order valence-electron chi connectivity index (χ0n) is 14.5. The van der Waals surface area contributed by atoms with Gasteiger partial charge in [0.2, 0.25) is 5.78 Å². The average Bonchev–Trinajstić information content (AvgIpc) is 3.13. The molecule has 7 nitrogen and oxygen atoms in total. The number of hydrogen-bond acceptors (Lipinski definition) is 5. The minimum Gasteiger partial charge on any atom is -0.331 e. The van der Waals surface area contributed by atoms with E-state index in [0.29, 0.717) is 22.6 Å². The number of nitrogens with zero attached hydrogens (tertiary/aromatic N) is 4. The fourth-order valence-corrected chi connectivity index (χ4v) is 2.68. The molecule has 2 aromatic carbocycles. The SMILES string of the molecule is Cn1ccnc1C(=O)c1ccc(NC(=O)c2cnc3ccccc3n2)cc1. The summed E-state index contributed by atoms with van der Waals surface area (Å²) in [6.07, 6.45) is 4.73. The number of anilines is 1. The number of ketones is 1. The predicted molar refractivity (Wildman–Crippen MR) is 101 cm³/mol. The van der Waals surface area contributed by atoms with Crippen LogP contribution in [0.25, 0.3) is 11.0 Å². The Morgan fingerprint density at radius 3 is 2.41 bits per heavy atom. The molecule has 0 atom stereocenters. The van der Waals surface area contributed by atoms with E-state index in [2.05, 4.69) is 20.3 Å². The van der Waals surface area contributed by atoms with Crippen LogP contribution in [0.1, 0.15) is 26.7 Å². The molecule has 0 aliphatic rings. The van der Waals surface area contributed by atoms with Crippen molar-refractivity contribution in [2.24, 2.45) is 7.05 Å². The van der Waals surface area contributed by atoms with Gasteiger partial charge in [-0.1, -0.05) is 12.1 Å². The number of hydrogen-bond donors (Lipinski definition) is 1. The second kappa shape index (κ2) is 6.80. The van der Waals surface area contributed by atoms with E-state index in [9.17, 15) is 9.59 Å². The molecule has 0 radical (unpaired) electrons. The number of amides is 1. The van der Waals surface area contributed by atoms with Crippen LogP contribution in [-0.4, -0.2) is 31.2 Å². The highest BCUT2D eigenvalue weighted by atomic mass is 16.2. The number of rotatable bonds is 4. The van der Waals surface area contributed by atoms with E-state index in [1.165, 1.54) is 6.20 Å². The molecular weight excluding hydrogens is 342 g/mol. The van der Waals surface area contributed by atoms with E-state index in [4.69, 9.17) is 0 Å². The zero-order valence-corrected chi connectivity index (χ0v) is 14.5. The largest absolute Gasteiger partial charge is 0.331 e. The van der Waals surface area contributed by atoms with Crippen LogP contribution < -0.4 is 5.32 Å². The van der Waals surface area contributed by atoms with Crippen molar-refractivity contribution in [3.63, 3.8) is 0 Å². The summed E-state index contributed by atoms with van der Waals surface area (Å²) in [5.41, 5.74) is 2.66. The summed E-state index contributed by atoms with van der Waals surface area (Å²) in [5, 5.41) is 2.76. The van der Waals surface area contributed by atoms with Gasteiger partial charge in [-0.2, -0.15) is 0 Å². The minimum absolute atomic E-state index is 0.180. The van der Waals surface area contributed by atoms with E-state index in [1.54, 1.807) is 54.3 Å². The van der Waals surface area contributed by atoms with E-state index < -0.39 is 0 Å². The molecule has 4 rings (SSSR count). The lowest BCUT2D eigenvalue weighted by Gasteiger charge is -2.06. The lowest BCUT2D eigenvalue weighted by Crippen LogP contribution is -2.14. The Morgan fingerprint density at radius 2 is 1.70 bits per heavy atom. The fraction of sp³-hybridized carbons (Fsp3) is 0.0500. The van der Waals surface area contributed by atoms with Gasteiger partial charge in [0.05, 0.1) is 17.2 Å². The first kappa shape index (κ1) is 16.6. The van der Waals surface area contributed by atoms with Crippen LogP contribution in [0, 0.1) is 0 Å². The van der Waals surface area contributed by atoms with E-state index in [1.807, 2.05) is 18.2 Å². The van der Waals surface area contributed by atoms with E-state index >= 15 is 0 Å². The Hall–Kier alpha value is -3.87. The fourth-order valence-electron chi connectivity index (χ4n) is 2.68. The summed E-state index contributed by atoms with van der Waals surface area (Å²) in [4.78, 5) is 37.5. The summed E-state index contributed by atoms with van der Waals surface area (Å²) >= 11 is 0. The number of para-hydroxylation sites is 2. The van der Waals surface area contributed by atoms with Crippen LogP contribution in [0.3, 0.4) is 0 Å². The summed E-state index contributed by atoms with van der Waals surface area (Å²) in [6, 6.07) is 14.0. The summed E-state index contributed by atoms with van der Waals surface area (Å²) in [7, 11) is 1.76. The number of carbonyl (C=O) groups excluding carboxylic acids is 2. The summed E-state index contributed by atoms with van der Waals surface area (Å²) in [5.74, 6) is -0.185. The van der Waals surface area contributed by atoms with Crippen LogP contribution in [0.15, 0.2) is 67.1 Å². The third-order valence-corrected chi connectivity index (χ3v) is 4.11. The number of carbonyl (C=O) groups is 2. The number of aryl methyl sites for hydroxylation is 1. The maximum atomic E-state index is 12.4. The molecule has 0 saturated carbocycles. The molecule has 2 heterocycles. The van der Waals surface area contributed by atoms with E-state index in [-0.39, 0.29) is 17.4 Å². The standard InChI is InChI=1S/C20H15N5O2/c1-25-11-10-21-19(25)18(26)13-6-8-14(9-7-13)23-20(27)17-12-22-15-4-2-3-5-16(15)24-17/h2-12H,1H3,(H,23,27). The van der Waals surface area contributed by atoms with Crippen molar-refractivity contribution in [3.05, 3.63) is 84.2 Å². The Balaban J connectivity index is 1.51. The van der Waals surface area contributed by atoms with Gasteiger partial charge in [0.25, 0.3) is 5.91 Å². The third-order valence-electron chi connectivity index (χ3n) is 4.11. The van der Waals surface area contributed by atoms with Crippen molar-refractivity contribution < 1.29 is 9.59 Å². The average molecular weight is 357 g/mol. The normalized spacial score (nSPS) is 10.7. The second-order valence-electron chi connectivity index (χ2n) is 5.97. The number of benzene rings is 2. The first-order chi connectivity index (χ1) is 13.1. The molecule has 4 aromatic rings. The second-order valence-corrected chi connectivity index (χ2v) is 5.97. The third kappa shape index (κ3) is 3.30. The van der Waals surface area contributed by atoms with Gasteiger partial charge in [-0.25, -0.2) is 9.97 Å². The number of aromatic nitrogens is 4. The molecule has 27 heavy (non-hydrogen) atoms. The molecule has 1 amide bonds. The van der Waals surface area contributed by atoms with Crippen LogP contribution >= 0.6 is 0 Å². The Labute approximate surface area is 154 Å². The molecule has 0 fully saturated rings. The number of fused-ring (bicyclic) bond motifs is 1. The maximum absolute atomic E-state index is 12.4. The topological polar surface area (TPSA) is 89.8 Å². The van der Waals surface area contributed by atoms with Gasteiger partial charge >= 0.3 is 0 Å². The molecule has 0 bridgehead atoms. The van der Waals surface area contributed by atoms with Crippen molar-refractivity contribution >= 4 is 28.4 Å². The highest BCUT2D eigenvalue weighted by Crippen LogP contribution is 2.14. The van der Waals surface area contributed by atoms with Crippen molar-refractivity contribution in [3.8, 4) is 0 Å². The Kier molecular flexibility index (Phi) is 4.18. The van der Waals surface area contributed by atoms with Gasteiger partial charge in [-0.05, 0) is 36.4 Å². The van der Waals surface area contributed by atoms with Crippen molar-refractivity contribution in [2.45, 2.75) is 0 Å². The van der Waals surface area contributed by atoms with Gasteiger partial charge in [-0.3, -0.25) is 14.6 Å². The van der Waals surface area contributed by atoms with Gasteiger partial charge in [0, 0.05) is 30.7 Å². The zero-order chi connectivity index (χ0) is 18.8. The molecule has 0 aliphatic heterocycles. The van der Waals surface area contributed by atoms with Crippen molar-refractivity contribution in [1.82, 2.24) is 19.5 Å². The van der Waals surface area contributed by atoms with Crippen LogP contribution in [0.5, 0.6) is 0 Å². The van der Waals surface area contributed by atoms with Crippen LogP contribution in [-0.2, 0) is 7.05 Å². The van der Waals surface area contributed by atoms with Gasteiger partial charge in [0.1, 0.15) is 5.69 Å². The maximum Gasteiger partial charge on any atom is 0.275 e. The van der Waals surface area contributed by atoms with Crippen LogP contribution in [0.2, 0.25) is 0 Å².